The third-order valence-corrected chi connectivity index (χ3v) is 10.2. The predicted octanol–water partition coefficient (Wildman–Crippen LogP) is 5.75. The highest BCUT2D eigenvalue weighted by Gasteiger charge is 2.43. The molecule has 25 heavy (non-hydrogen) atoms. The lowest BCUT2D eigenvalue weighted by atomic mass is 9.98. The van der Waals surface area contributed by atoms with Gasteiger partial charge in [-0.2, -0.15) is 0 Å². The van der Waals surface area contributed by atoms with Crippen LogP contribution in [0.3, 0.4) is 0 Å². The van der Waals surface area contributed by atoms with Crippen molar-refractivity contribution in [3.63, 3.8) is 0 Å². The molecule has 2 bridgehead atoms. The molecule has 142 valence electrons. The molecule has 0 unspecified atom stereocenters. The maximum atomic E-state index is 6.76. The van der Waals surface area contributed by atoms with Gasteiger partial charge in [-0.15, -0.1) is 0 Å². The van der Waals surface area contributed by atoms with E-state index in [9.17, 15) is 0 Å². The lowest BCUT2D eigenvalue weighted by Gasteiger charge is -2.40. The first-order valence-corrected chi connectivity index (χ1v) is 12.5. The monoisotopic (exact) mass is 364 g/mol. The Labute approximate surface area is 155 Å². The van der Waals surface area contributed by atoms with Gasteiger partial charge in [-0.3, -0.25) is 0 Å². The van der Waals surface area contributed by atoms with Gasteiger partial charge in [0.25, 0.3) is 0 Å². The Morgan fingerprint density at radius 3 is 2.64 bits per heavy atom. The van der Waals surface area contributed by atoms with E-state index < -0.39 is 8.32 Å². The summed E-state index contributed by atoms with van der Waals surface area (Å²) in [5.74, 6) is 0.745. The van der Waals surface area contributed by atoms with Crippen LogP contribution in [0, 0.1) is 0 Å². The van der Waals surface area contributed by atoms with Gasteiger partial charge in [0.05, 0.1) is 18.8 Å². The van der Waals surface area contributed by atoms with Crippen LogP contribution in [-0.2, 0) is 13.9 Å². The van der Waals surface area contributed by atoms with E-state index in [1.807, 2.05) is 6.92 Å². The average molecular weight is 365 g/mol. The minimum atomic E-state index is -1.85. The SMILES string of the molecule is C=C(OCC)C1=C[C@@H]2O[C@H]1C/C(C)=C\CC[C@@H]2O[Si](C)(C)C(C)(C)C. The Morgan fingerprint density at radius 1 is 1.36 bits per heavy atom. The molecule has 0 spiro atoms. The van der Waals surface area contributed by atoms with Gasteiger partial charge in [-0.25, -0.2) is 0 Å². The van der Waals surface area contributed by atoms with Crippen LogP contribution in [0.1, 0.15) is 53.9 Å². The largest absolute Gasteiger partial charge is 0.494 e. The molecule has 0 aromatic carbocycles. The molecular weight excluding hydrogens is 328 g/mol. The summed E-state index contributed by atoms with van der Waals surface area (Å²) in [5.41, 5.74) is 2.47. The third-order valence-electron chi connectivity index (χ3n) is 5.72. The first-order chi connectivity index (χ1) is 11.5. The second kappa shape index (κ2) is 7.81. The van der Waals surface area contributed by atoms with Crippen LogP contribution in [0.25, 0.3) is 0 Å². The number of allylic oxidation sites excluding steroid dienone is 1. The van der Waals surface area contributed by atoms with Crippen LogP contribution in [-0.4, -0.2) is 33.2 Å². The van der Waals surface area contributed by atoms with Gasteiger partial charge in [-0.1, -0.05) is 39.0 Å². The van der Waals surface area contributed by atoms with Crippen molar-refractivity contribution in [2.75, 3.05) is 6.61 Å². The van der Waals surface area contributed by atoms with Crippen LogP contribution in [0.15, 0.2) is 35.6 Å². The number of hydrogen-bond donors (Lipinski definition) is 0. The maximum absolute atomic E-state index is 6.76. The molecule has 4 heteroatoms. The molecule has 2 heterocycles. The average Bonchev–Trinajstić information content (AvgIpc) is 2.90. The number of ether oxygens (including phenoxy) is 2. The lowest BCUT2D eigenvalue weighted by molar-refractivity contribution is -0.0189. The minimum absolute atomic E-state index is 0.00867. The summed E-state index contributed by atoms with van der Waals surface area (Å²) in [7, 11) is -1.85. The van der Waals surface area contributed by atoms with Gasteiger partial charge in [0.1, 0.15) is 11.9 Å². The van der Waals surface area contributed by atoms with Gasteiger partial charge < -0.3 is 13.9 Å². The maximum Gasteiger partial charge on any atom is 0.192 e. The van der Waals surface area contributed by atoms with Crippen LogP contribution in [0.2, 0.25) is 18.1 Å². The van der Waals surface area contributed by atoms with E-state index >= 15 is 0 Å². The molecule has 2 rings (SSSR count). The van der Waals surface area contributed by atoms with Crippen LogP contribution in [0.5, 0.6) is 0 Å². The van der Waals surface area contributed by atoms with Crippen molar-refractivity contribution in [1.82, 2.24) is 0 Å². The van der Waals surface area contributed by atoms with Crippen molar-refractivity contribution in [1.29, 1.82) is 0 Å². The van der Waals surface area contributed by atoms with Crippen molar-refractivity contribution in [2.24, 2.45) is 0 Å². The fraction of sp³-hybridized carbons (Fsp3) is 0.714. The van der Waals surface area contributed by atoms with E-state index in [-0.39, 0.29) is 23.4 Å². The van der Waals surface area contributed by atoms with Crippen LogP contribution < -0.4 is 0 Å². The smallest absolute Gasteiger partial charge is 0.192 e. The molecule has 0 fully saturated rings. The summed E-state index contributed by atoms with van der Waals surface area (Å²) in [6.45, 7) is 20.4. The second-order valence-corrected chi connectivity index (χ2v) is 13.6. The number of hydrogen-bond acceptors (Lipinski definition) is 3. The topological polar surface area (TPSA) is 27.7 Å². The van der Waals surface area contributed by atoms with E-state index in [1.54, 1.807) is 0 Å². The highest BCUT2D eigenvalue weighted by molar-refractivity contribution is 6.74. The normalized spacial score (nSPS) is 29.8. The van der Waals surface area contributed by atoms with E-state index in [2.05, 4.69) is 59.5 Å². The quantitative estimate of drug-likeness (QED) is 0.353. The van der Waals surface area contributed by atoms with Gasteiger partial charge >= 0.3 is 0 Å². The Balaban J connectivity index is 2.28. The van der Waals surface area contributed by atoms with Crippen molar-refractivity contribution < 1.29 is 13.9 Å². The highest BCUT2D eigenvalue weighted by atomic mass is 28.4. The fourth-order valence-corrected chi connectivity index (χ4v) is 4.55. The zero-order valence-electron chi connectivity index (χ0n) is 17.1. The molecule has 2 aliphatic rings. The number of fused-ring (bicyclic) bond motifs is 2. The first-order valence-electron chi connectivity index (χ1n) is 9.58. The third kappa shape index (κ3) is 4.87. The molecule has 0 aromatic heterocycles. The van der Waals surface area contributed by atoms with Gasteiger partial charge in [0.2, 0.25) is 0 Å². The van der Waals surface area contributed by atoms with Crippen molar-refractivity contribution >= 4 is 8.32 Å². The van der Waals surface area contributed by atoms with Gasteiger partial charge in [0.15, 0.2) is 8.32 Å². The summed E-state index contributed by atoms with van der Waals surface area (Å²) >= 11 is 0. The Bertz CT molecular complexity index is 554. The summed E-state index contributed by atoms with van der Waals surface area (Å²) < 4.78 is 18.9. The molecule has 0 aromatic rings. The molecular formula is C21H36O3Si. The standard InChI is InChI=1S/C21H36O3Si/c1-9-22-16(3)17-14-20-18(24-25(7,8)21(4,5)6)12-10-11-15(2)13-19(17)23-20/h11,14,18-20H,3,9-10,12-13H2,1-2,4-8H3/b15-11-/t18-,19-,20-/m0/s1. The molecule has 3 atom stereocenters. The Hall–Kier alpha value is -0.843. The van der Waals surface area contributed by atoms with Crippen molar-refractivity contribution in [2.45, 2.75) is 90.3 Å². The molecule has 0 saturated carbocycles. The van der Waals surface area contributed by atoms with E-state index in [0.717, 1.165) is 30.6 Å². The summed E-state index contributed by atoms with van der Waals surface area (Å²) in [6, 6.07) is 0. The summed E-state index contributed by atoms with van der Waals surface area (Å²) in [4.78, 5) is 0. The molecule has 2 aliphatic heterocycles. The van der Waals surface area contributed by atoms with Crippen molar-refractivity contribution in [3.05, 3.63) is 35.6 Å². The zero-order valence-corrected chi connectivity index (χ0v) is 18.1. The molecule has 0 aliphatic carbocycles. The van der Waals surface area contributed by atoms with E-state index in [4.69, 9.17) is 13.9 Å². The molecule has 0 N–H and O–H groups in total. The highest BCUT2D eigenvalue weighted by Crippen LogP contribution is 2.40. The summed E-state index contributed by atoms with van der Waals surface area (Å²) in [6.07, 6.45) is 7.61. The van der Waals surface area contributed by atoms with E-state index in [1.165, 1.54) is 5.57 Å². The van der Waals surface area contributed by atoms with Gasteiger partial charge in [-0.05, 0) is 57.3 Å². The molecule has 0 amide bonds. The molecule has 3 nitrogen and oxygen atoms in total. The fourth-order valence-electron chi connectivity index (χ4n) is 3.18. The molecule has 0 radical (unpaired) electrons. The van der Waals surface area contributed by atoms with Crippen molar-refractivity contribution in [3.8, 4) is 0 Å². The Kier molecular flexibility index (Phi) is 6.39. The molecule has 0 saturated heterocycles. The minimum Gasteiger partial charge on any atom is -0.494 e. The van der Waals surface area contributed by atoms with Crippen LogP contribution >= 0.6 is 0 Å². The summed E-state index contributed by atoms with van der Waals surface area (Å²) in [5, 5.41) is 0.191. The second-order valence-electron chi connectivity index (χ2n) is 8.82. The van der Waals surface area contributed by atoms with E-state index in [0.29, 0.717) is 6.61 Å². The predicted molar refractivity (Wildman–Crippen MR) is 107 cm³/mol. The lowest BCUT2D eigenvalue weighted by Crippen LogP contribution is -2.47. The first kappa shape index (κ1) is 20.5. The van der Waals surface area contributed by atoms with Gasteiger partial charge in [0, 0.05) is 5.57 Å². The Morgan fingerprint density at radius 2 is 2.04 bits per heavy atom. The zero-order chi connectivity index (χ0) is 18.8. The van der Waals surface area contributed by atoms with Crippen LogP contribution in [0.4, 0.5) is 0 Å². The number of rotatable bonds is 5.